The summed E-state index contributed by atoms with van der Waals surface area (Å²) in [5, 5.41) is 13.5. The van der Waals surface area contributed by atoms with E-state index in [4.69, 9.17) is 9.57 Å². The molecule has 0 radical (unpaired) electrons. The van der Waals surface area contributed by atoms with E-state index in [2.05, 4.69) is 35.7 Å². The Kier molecular flexibility index (Phi) is 7.73. The van der Waals surface area contributed by atoms with Crippen LogP contribution in [0.4, 0.5) is 0 Å². The van der Waals surface area contributed by atoms with E-state index in [9.17, 15) is 9.90 Å². The molecule has 0 spiro atoms. The van der Waals surface area contributed by atoms with Crippen molar-refractivity contribution >= 4 is 23.4 Å². The van der Waals surface area contributed by atoms with Crippen molar-refractivity contribution < 1.29 is 19.5 Å². The number of hydrogen-bond acceptors (Lipinski definition) is 5. The minimum absolute atomic E-state index is 0.625. The second-order valence-corrected chi connectivity index (χ2v) is 8.30. The van der Waals surface area contributed by atoms with Crippen LogP contribution in [0.1, 0.15) is 42.5 Å². The van der Waals surface area contributed by atoms with Crippen LogP contribution in [-0.2, 0) is 16.1 Å². The predicted molar refractivity (Wildman–Crippen MR) is 118 cm³/mol. The Labute approximate surface area is 177 Å². The third-order valence-corrected chi connectivity index (χ3v) is 5.41. The molecule has 2 aromatic rings. The Hall–Kier alpha value is -2.47. The van der Waals surface area contributed by atoms with E-state index in [0.29, 0.717) is 5.75 Å². The van der Waals surface area contributed by atoms with Gasteiger partial charge in [0.15, 0.2) is 5.60 Å². The van der Waals surface area contributed by atoms with Crippen LogP contribution in [0.25, 0.3) is 0 Å². The first-order chi connectivity index (χ1) is 13.7. The average molecular weight is 416 g/mol. The van der Waals surface area contributed by atoms with E-state index in [-0.39, 0.29) is 0 Å². The van der Waals surface area contributed by atoms with Crippen molar-refractivity contribution in [3.8, 4) is 5.75 Å². The number of aliphatic carboxylic acids is 1. The van der Waals surface area contributed by atoms with Gasteiger partial charge in [-0.25, -0.2) is 4.79 Å². The molecule has 0 aliphatic heterocycles. The molecule has 0 aromatic heterocycles. The lowest BCUT2D eigenvalue weighted by Crippen LogP contribution is -2.38. The predicted octanol–water partition coefficient (Wildman–Crippen LogP) is 5.25. The molecule has 0 unspecified atom stereocenters. The summed E-state index contributed by atoms with van der Waals surface area (Å²) in [6, 6.07) is 12.4. The highest BCUT2D eigenvalue weighted by Crippen LogP contribution is 2.29. The molecule has 2 aromatic carbocycles. The molecule has 1 N–H and O–H groups in total. The Balaban J connectivity index is 2.18. The maximum atomic E-state index is 11.4. The molecule has 5 nitrogen and oxygen atoms in total. The van der Waals surface area contributed by atoms with Crippen LogP contribution in [0.5, 0.6) is 5.75 Å². The number of aryl methyl sites for hydroxylation is 3. The van der Waals surface area contributed by atoms with Crippen molar-refractivity contribution in [2.45, 2.75) is 51.0 Å². The molecule has 0 atom stereocenters. The number of benzene rings is 2. The fraction of sp³-hybridized carbons (Fsp3) is 0.391. The average Bonchev–Trinajstić information content (AvgIpc) is 2.68. The lowest BCUT2D eigenvalue weighted by molar-refractivity contribution is -0.152. The number of ether oxygens (including phenoxy) is 1. The molecule has 6 heteroatoms. The van der Waals surface area contributed by atoms with Gasteiger partial charge in [-0.05, 0) is 81.2 Å². The molecule has 0 saturated carbocycles. The van der Waals surface area contributed by atoms with Gasteiger partial charge in [-0.15, -0.1) is 11.8 Å². The molecule has 0 bridgehead atoms. The van der Waals surface area contributed by atoms with Crippen molar-refractivity contribution in [1.82, 2.24) is 0 Å². The summed E-state index contributed by atoms with van der Waals surface area (Å²) < 4.78 is 5.79. The summed E-state index contributed by atoms with van der Waals surface area (Å²) in [7, 11) is 1.56. The first-order valence-electron chi connectivity index (χ1n) is 9.45. The summed E-state index contributed by atoms with van der Waals surface area (Å²) in [6.45, 7) is 6.99. The Morgan fingerprint density at radius 3 is 2.21 bits per heavy atom. The van der Waals surface area contributed by atoms with E-state index in [1.165, 1.54) is 4.90 Å². The summed E-state index contributed by atoms with van der Waals surface area (Å²) >= 11 is 1.70. The van der Waals surface area contributed by atoms with Gasteiger partial charge in [0.25, 0.3) is 0 Å². The fourth-order valence-electron chi connectivity index (χ4n) is 3.04. The largest absolute Gasteiger partial charge is 0.478 e. The van der Waals surface area contributed by atoms with Crippen LogP contribution in [-0.4, -0.2) is 35.8 Å². The number of nitrogens with zero attached hydrogens (tertiary/aromatic N) is 1. The molecule has 0 saturated heterocycles. The Morgan fingerprint density at radius 1 is 1.14 bits per heavy atom. The molecule has 0 heterocycles. The number of thioether (sulfide) groups is 1. The number of carbonyl (C=O) groups is 1. The summed E-state index contributed by atoms with van der Waals surface area (Å²) in [5.74, 6) is -0.368. The third-order valence-electron chi connectivity index (χ3n) is 4.67. The van der Waals surface area contributed by atoms with Crippen LogP contribution in [0.2, 0.25) is 0 Å². The second-order valence-electron chi connectivity index (χ2n) is 7.43. The molecule has 2 rings (SSSR count). The van der Waals surface area contributed by atoms with Crippen molar-refractivity contribution in [2.75, 3.05) is 13.4 Å². The van der Waals surface area contributed by atoms with E-state index in [1.54, 1.807) is 32.7 Å². The standard InChI is InChI=1S/C23H29NO4S/c1-15-13-17(14-16(2)21(15)28-23(3,4)22(25)26)7-12-20(24-27-5)18-8-10-19(29-6)11-9-18/h8-11,13-14H,7,12H2,1-6H3,(H,25,26)/b24-20+. The van der Waals surface area contributed by atoms with Gasteiger partial charge in [-0.3, -0.25) is 0 Å². The lowest BCUT2D eigenvalue weighted by Gasteiger charge is -2.24. The maximum absolute atomic E-state index is 11.4. The fourth-order valence-corrected chi connectivity index (χ4v) is 3.45. The first kappa shape index (κ1) is 22.8. The number of carboxylic acids is 1. The number of rotatable bonds is 9. The molecule has 29 heavy (non-hydrogen) atoms. The first-order valence-corrected chi connectivity index (χ1v) is 10.7. The molecule has 0 aliphatic rings. The second kappa shape index (κ2) is 9.83. The van der Waals surface area contributed by atoms with E-state index < -0.39 is 11.6 Å². The molecule has 156 valence electrons. The molecular weight excluding hydrogens is 386 g/mol. The normalized spacial score (nSPS) is 12.0. The van der Waals surface area contributed by atoms with Gasteiger partial charge in [0.2, 0.25) is 0 Å². The monoisotopic (exact) mass is 415 g/mol. The topological polar surface area (TPSA) is 68.1 Å². The summed E-state index contributed by atoms with van der Waals surface area (Å²) in [6.07, 6.45) is 3.57. The van der Waals surface area contributed by atoms with Gasteiger partial charge in [0, 0.05) is 4.90 Å². The van der Waals surface area contributed by atoms with Gasteiger partial charge in [0.1, 0.15) is 12.9 Å². The maximum Gasteiger partial charge on any atom is 0.347 e. The zero-order valence-electron chi connectivity index (χ0n) is 17.9. The SMILES string of the molecule is CO/N=C(\CCc1cc(C)c(OC(C)(C)C(=O)O)c(C)c1)c1ccc(SC)cc1. The quantitative estimate of drug-likeness (QED) is 0.344. The van der Waals surface area contributed by atoms with Gasteiger partial charge in [-0.2, -0.15) is 0 Å². The zero-order chi connectivity index (χ0) is 21.6. The van der Waals surface area contributed by atoms with Gasteiger partial charge >= 0.3 is 5.97 Å². The van der Waals surface area contributed by atoms with Crippen LogP contribution in [0.3, 0.4) is 0 Å². The van der Waals surface area contributed by atoms with Crippen LogP contribution in [0, 0.1) is 13.8 Å². The lowest BCUT2D eigenvalue weighted by atomic mass is 9.98. The number of hydrogen-bond donors (Lipinski definition) is 1. The highest BCUT2D eigenvalue weighted by molar-refractivity contribution is 7.98. The van der Waals surface area contributed by atoms with Crippen LogP contribution >= 0.6 is 11.8 Å². The highest BCUT2D eigenvalue weighted by atomic mass is 32.2. The number of oxime groups is 1. The van der Waals surface area contributed by atoms with E-state index in [0.717, 1.165) is 40.8 Å². The Morgan fingerprint density at radius 2 is 1.72 bits per heavy atom. The third kappa shape index (κ3) is 6.00. The van der Waals surface area contributed by atoms with Crippen LogP contribution < -0.4 is 4.74 Å². The minimum Gasteiger partial charge on any atom is -0.478 e. The van der Waals surface area contributed by atoms with E-state index in [1.807, 2.05) is 26.0 Å². The van der Waals surface area contributed by atoms with Crippen LogP contribution in [0.15, 0.2) is 46.4 Å². The van der Waals surface area contributed by atoms with Crippen molar-refractivity contribution in [3.05, 3.63) is 58.7 Å². The van der Waals surface area contributed by atoms with Crippen molar-refractivity contribution in [1.29, 1.82) is 0 Å². The van der Waals surface area contributed by atoms with E-state index >= 15 is 0 Å². The van der Waals surface area contributed by atoms with Crippen molar-refractivity contribution in [3.63, 3.8) is 0 Å². The minimum atomic E-state index is -1.28. The zero-order valence-corrected chi connectivity index (χ0v) is 18.7. The molecule has 0 amide bonds. The summed E-state index contributed by atoms with van der Waals surface area (Å²) in [5.41, 5.74) is 3.64. The highest BCUT2D eigenvalue weighted by Gasteiger charge is 2.30. The Bertz CT molecular complexity index is 865. The van der Waals surface area contributed by atoms with Gasteiger partial charge in [-0.1, -0.05) is 29.4 Å². The molecular formula is C23H29NO4S. The smallest absolute Gasteiger partial charge is 0.347 e. The molecule has 0 fully saturated rings. The van der Waals surface area contributed by atoms with Gasteiger partial charge in [0.05, 0.1) is 5.71 Å². The molecule has 0 aliphatic carbocycles. The summed E-state index contributed by atoms with van der Waals surface area (Å²) in [4.78, 5) is 17.6. The van der Waals surface area contributed by atoms with Gasteiger partial charge < -0.3 is 14.7 Å². The number of carboxylic acid groups (broad SMARTS) is 1. The van der Waals surface area contributed by atoms with Crippen molar-refractivity contribution in [2.24, 2.45) is 5.16 Å².